The maximum Gasteiger partial charge on any atom is 0.306 e. The summed E-state index contributed by atoms with van der Waals surface area (Å²) in [6, 6.07) is 0. The summed E-state index contributed by atoms with van der Waals surface area (Å²) in [7, 11) is 0. The van der Waals surface area contributed by atoms with E-state index in [2.05, 4.69) is 69.4 Å². The molecule has 408 valence electrons. The normalized spacial score (nSPS) is 12.3. The van der Waals surface area contributed by atoms with Gasteiger partial charge in [-0.3, -0.25) is 14.4 Å². The molecule has 0 rings (SSSR count). The Balaban J connectivity index is 4.27. The maximum atomic E-state index is 12.8. The van der Waals surface area contributed by atoms with E-state index < -0.39 is 6.10 Å². The predicted octanol–water partition coefficient (Wildman–Crippen LogP) is 20.6. The van der Waals surface area contributed by atoms with Gasteiger partial charge in [0, 0.05) is 19.3 Å². The van der Waals surface area contributed by atoms with E-state index in [4.69, 9.17) is 14.2 Å². The van der Waals surface area contributed by atoms with Gasteiger partial charge < -0.3 is 14.2 Å². The van der Waals surface area contributed by atoms with Crippen LogP contribution in [0.1, 0.15) is 323 Å². The molecule has 0 aromatic rings. The van der Waals surface area contributed by atoms with Gasteiger partial charge in [0.05, 0.1) is 0 Å². The third kappa shape index (κ3) is 56.3. The molecule has 0 saturated heterocycles. The Morgan fingerprint density at radius 2 is 0.557 bits per heavy atom. The molecule has 0 aliphatic rings. The summed E-state index contributed by atoms with van der Waals surface area (Å²) in [5.74, 6) is -0.909. The largest absolute Gasteiger partial charge is 0.462 e. The molecular weight excluding hydrogens is 865 g/mol. The van der Waals surface area contributed by atoms with Gasteiger partial charge in [-0.2, -0.15) is 0 Å². The van der Waals surface area contributed by atoms with Crippen LogP contribution in [-0.2, 0) is 28.6 Å². The highest BCUT2D eigenvalue weighted by Gasteiger charge is 2.19. The van der Waals surface area contributed by atoms with Crippen molar-refractivity contribution < 1.29 is 28.6 Å². The van der Waals surface area contributed by atoms with Crippen molar-refractivity contribution >= 4 is 17.9 Å². The van der Waals surface area contributed by atoms with Crippen LogP contribution in [0.15, 0.2) is 48.6 Å². The van der Waals surface area contributed by atoms with Crippen molar-refractivity contribution in [2.75, 3.05) is 13.2 Å². The fourth-order valence-electron chi connectivity index (χ4n) is 9.02. The number of esters is 3. The number of allylic oxidation sites excluding steroid dienone is 8. The van der Waals surface area contributed by atoms with E-state index >= 15 is 0 Å². The summed E-state index contributed by atoms with van der Waals surface area (Å²) in [5, 5.41) is 0. The van der Waals surface area contributed by atoms with Crippen molar-refractivity contribution in [3.05, 3.63) is 48.6 Å². The second kappa shape index (κ2) is 58.9. The lowest BCUT2D eigenvalue weighted by atomic mass is 10.0. The standard InChI is InChI=1S/C64H116O6/c1-4-7-10-13-16-19-22-25-27-28-29-30-31-32-33-34-35-37-39-42-45-48-51-54-57-63(66)69-60-61(59-68-62(65)56-53-50-47-44-41-38-24-21-18-15-12-9-6-3)70-64(67)58-55-52-49-46-43-40-36-26-23-20-17-14-11-8-5-2/h8,11,17,20,26,36,43,46,61H,4-7,9-10,12-16,18-19,21-25,27-35,37-42,44-45,47-60H2,1-3H3/b11-8-,20-17-,36-26-,46-43-. The molecule has 0 bridgehead atoms. The highest BCUT2D eigenvalue weighted by Crippen LogP contribution is 2.17. The van der Waals surface area contributed by atoms with Gasteiger partial charge in [-0.05, 0) is 57.8 Å². The minimum Gasteiger partial charge on any atom is -0.462 e. The van der Waals surface area contributed by atoms with Gasteiger partial charge in [0.25, 0.3) is 0 Å². The van der Waals surface area contributed by atoms with Crippen LogP contribution in [0, 0.1) is 0 Å². The van der Waals surface area contributed by atoms with Crippen molar-refractivity contribution in [3.63, 3.8) is 0 Å². The van der Waals surface area contributed by atoms with Crippen LogP contribution in [0.4, 0.5) is 0 Å². The lowest BCUT2D eigenvalue weighted by Gasteiger charge is -2.18. The zero-order valence-electron chi connectivity index (χ0n) is 46.8. The Kier molecular flexibility index (Phi) is 56.7. The van der Waals surface area contributed by atoms with Gasteiger partial charge in [0.1, 0.15) is 13.2 Å². The van der Waals surface area contributed by atoms with E-state index in [-0.39, 0.29) is 37.5 Å². The molecule has 6 heteroatoms. The number of hydrogen-bond acceptors (Lipinski definition) is 6. The van der Waals surface area contributed by atoms with Crippen LogP contribution >= 0.6 is 0 Å². The molecule has 0 N–H and O–H groups in total. The van der Waals surface area contributed by atoms with E-state index in [0.29, 0.717) is 19.3 Å². The number of ether oxygens (including phenoxy) is 3. The van der Waals surface area contributed by atoms with Gasteiger partial charge in [0.15, 0.2) is 6.10 Å². The van der Waals surface area contributed by atoms with Gasteiger partial charge in [0.2, 0.25) is 0 Å². The highest BCUT2D eigenvalue weighted by atomic mass is 16.6. The smallest absolute Gasteiger partial charge is 0.306 e. The van der Waals surface area contributed by atoms with Gasteiger partial charge in [-0.1, -0.05) is 294 Å². The second-order valence-electron chi connectivity index (χ2n) is 20.6. The average Bonchev–Trinajstić information content (AvgIpc) is 3.36. The SMILES string of the molecule is CC/C=C\C/C=C\C/C=C\C/C=C\CCCCC(=O)OC(COC(=O)CCCCCCCCCCCCCCC)COC(=O)CCCCCCCCCCCCCCCCCCCCCCCCCC. The molecule has 0 aliphatic heterocycles. The average molecular weight is 982 g/mol. The zero-order valence-corrected chi connectivity index (χ0v) is 46.8. The van der Waals surface area contributed by atoms with Crippen LogP contribution in [0.3, 0.4) is 0 Å². The van der Waals surface area contributed by atoms with Crippen LogP contribution in [0.5, 0.6) is 0 Å². The third-order valence-corrected chi connectivity index (χ3v) is 13.6. The molecule has 0 saturated carbocycles. The molecule has 0 aromatic carbocycles. The molecule has 1 atom stereocenters. The van der Waals surface area contributed by atoms with Crippen molar-refractivity contribution in [1.29, 1.82) is 0 Å². The van der Waals surface area contributed by atoms with Gasteiger partial charge in [-0.25, -0.2) is 0 Å². The Morgan fingerprint density at radius 3 is 0.871 bits per heavy atom. The lowest BCUT2D eigenvalue weighted by molar-refractivity contribution is -0.167. The Bertz CT molecular complexity index is 1220. The number of carbonyl (C=O) groups is 3. The van der Waals surface area contributed by atoms with Crippen LogP contribution in [0.2, 0.25) is 0 Å². The fourth-order valence-corrected chi connectivity index (χ4v) is 9.02. The van der Waals surface area contributed by atoms with Crippen LogP contribution < -0.4 is 0 Å². The van der Waals surface area contributed by atoms with Crippen LogP contribution in [0.25, 0.3) is 0 Å². The van der Waals surface area contributed by atoms with E-state index in [0.717, 1.165) is 77.0 Å². The summed E-state index contributed by atoms with van der Waals surface area (Å²) < 4.78 is 16.9. The Morgan fingerprint density at radius 1 is 0.300 bits per heavy atom. The number of carbonyl (C=O) groups excluding carboxylic acids is 3. The molecule has 0 heterocycles. The monoisotopic (exact) mass is 981 g/mol. The predicted molar refractivity (Wildman–Crippen MR) is 302 cm³/mol. The minimum absolute atomic E-state index is 0.0854. The first kappa shape index (κ1) is 67.4. The molecule has 0 fully saturated rings. The molecule has 0 aromatic heterocycles. The summed E-state index contributed by atoms with van der Waals surface area (Å²) in [6.45, 7) is 6.54. The first-order valence-electron chi connectivity index (χ1n) is 30.6. The molecule has 0 amide bonds. The topological polar surface area (TPSA) is 78.9 Å². The molecule has 6 nitrogen and oxygen atoms in total. The van der Waals surface area contributed by atoms with E-state index in [1.54, 1.807) is 0 Å². The maximum absolute atomic E-state index is 12.8. The lowest BCUT2D eigenvalue weighted by Crippen LogP contribution is -2.30. The fraction of sp³-hybridized carbons (Fsp3) is 0.828. The number of hydrogen-bond donors (Lipinski definition) is 0. The number of unbranched alkanes of at least 4 members (excludes halogenated alkanes) is 37. The third-order valence-electron chi connectivity index (χ3n) is 13.6. The van der Waals surface area contributed by atoms with E-state index in [1.807, 2.05) is 0 Å². The van der Waals surface area contributed by atoms with Crippen molar-refractivity contribution in [1.82, 2.24) is 0 Å². The Hall–Kier alpha value is -2.63. The van der Waals surface area contributed by atoms with Crippen molar-refractivity contribution in [3.8, 4) is 0 Å². The molecule has 0 spiro atoms. The minimum atomic E-state index is -0.791. The molecule has 0 aliphatic carbocycles. The Labute approximate surface area is 435 Å². The zero-order chi connectivity index (χ0) is 50.7. The summed E-state index contributed by atoms with van der Waals surface area (Å²) >= 11 is 0. The van der Waals surface area contributed by atoms with Gasteiger partial charge in [-0.15, -0.1) is 0 Å². The van der Waals surface area contributed by atoms with Crippen LogP contribution in [-0.4, -0.2) is 37.2 Å². The molecule has 1 unspecified atom stereocenters. The van der Waals surface area contributed by atoms with E-state index in [9.17, 15) is 14.4 Å². The highest BCUT2D eigenvalue weighted by molar-refractivity contribution is 5.71. The quantitative estimate of drug-likeness (QED) is 0.0261. The first-order valence-corrected chi connectivity index (χ1v) is 30.6. The molecule has 70 heavy (non-hydrogen) atoms. The van der Waals surface area contributed by atoms with E-state index in [1.165, 1.54) is 199 Å². The van der Waals surface area contributed by atoms with Gasteiger partial charge >= 0.3 is 17.9 Å². The second-order valence-corrected chi connectivity index (χ2v) is 20.6. The summed E-state index contributed by atoms with van der Waals surface area (Å²) in [6.07, 6.45) is 72.7. The van der Waals surface area contributed by atoms with Crippen molar-refractivity contribution in [2.45, 2.75) is 329 Å². The summed E-state index contributed by atoms with van der Waals surface area (Å²) in [5.41, 5.74) is 0. The molecular formula is C64H116O6. The summed E-state index contributed by atoms with van der Waals surface area (Å²) in [4.78, 5) is 38.2. The number of rotatable bonds is 56. The molecule has 0 radical (unpaired) electrons. The van der Waals surface area contributed by atoms with Crippen molar-refractivity contribution in [2.24, 2.45) is 0 Å². The first-order chi connectivity index (χ1) is 34.5.